The van der Waals surface area contributed by atoms with Gasteiger partial charge in [0, 0.05) is 19.2 Å². The molecule has 0 aliphatic rings. The van der Waals surface area contributed by atoms with Crippen LogP contribution in [0.15, 0.2) is 6.07 Å². The third-order valence-corrected chi connectivity index (χ3v) is 2.86. The van der Waals surface area contributed by atoms with Gasteiger partial charge in [-0.2, -0.15) is 5.26 Å². The number of aromatic nitrogens is 1. The van der Waals surface area contributed by atoms with Crippen molar-refractivity contribution in [1.82, 2.24) is 4.57 Å². The highest BCUT2D eigenvalue weighted by atomic mass is 16.1. The number of carbonyl (C=O) groups excluding carboxylic acids is 1. The molecule has 0 saturated heterocycles. The predicted molar refractivity (Wildman–Crippen MR) is 63.5 cm³/mol. The van der Waals surface area contributed by atoms with E-state index in [0.29, 0.717) is 6.54 Å². The maximum Gasteiger partial charge on any atom is 0.176 e. The number of carbonyl (C=O) groups is 1. The second kappa shape index (κ2) is 4.13. The molecule has 0 saturated carbocycles. The highest BCUT2D eigenvalue weighted by molar-refractivity contribution is 5.94. The molecule has 0 aromatic carbocycles. The van der Waals surface area contributed by atoms with Crippen LogP contribution in [0.3, 0.4) is 0 Å². The molecule has 1 aromatic rings. The van der Waals surface area contributed by atoms with Crippen LogP contribution in [0.1, 0.15) is 49.4 Å². The minimum atomic E-state index is -0.561. The van der Waals surface area contributed by atoms with Crippen LogP contribution in [-0.4, -0.2) is 10.4 Å². The summed E-state index contributed by atoms with van der Waals surface area (Å²) in [6.07, 6.45) is 0. The molecule has 0 N–H and O–H groups in total. The fourth-order valence-corrected chi connectivity index (χ4v) is 2.06. The molecule has 1 aromatic heterocycles. The lowest BCUT2D eigenvalue weighted by molar-refractivity contribution is 0.100. The predicted octanol–water partition coefficient (Wildman–Crippen LogP) is 2.82. The van der Waals surface area contributed by atoms with E-state index in [1.165, 1.54) is 0 Å². The lowest BCUT2D eigenvalue weighted by Crippen LogP contribution is -2.21. The van der Waals surface area contributed by atoms with Gasteiger partial charge in [0.05, 0.1) is 17.2 Å². The van der Waals surface area contributed by atoms with Gasteiger partial charge in [-0.1, -0.05) is 0 Å². The topological polar surface area (TPSA) is 45.8 Å². The molecular weight excluding hydrogens is 200 g/mol. The molecule has 16 heavy (non-hydrogen) atoms. The Balaban J connectivity index is 3.51. The van der Waals surface area contributed by atoms with Crippen LogP contribution in [-0.2, 0) is 12.0 Å². The van der Waals surface area contributed by atoms with Crippen molar-refractivity contribution in [3.63, 3.8) is 0 Å². The number of nitrogens with zero attached hydrogens (tertiary/aromatic N) is 2. The van der Waals surface area contributed by atoms with Crippen LogP contribution < -0.4 is 0 Å². The molecule has 86 valence electrons. The standard InChI is InChI=1S/C13H18N2O/c1-6-15-11(13(4,5)8-14)7-9(2)12(15)10(3)16/h7H,6H2,1-5H3. The zero-order valence-electron chi connectivity index (χ0n) is 10.6. The molecule has 0 unspecified atom stereocenters. The fraction of sp³-hybridized carbons (Fsp3) is 0.538. The van der Waals surface area contributed by atoms with E-state index in [1.807, 2.05) is 38.3 Å². The van der Waals surface area contributed by atoms with Crippen molar-refractivity contribution < 1.29 is 4.79 Å². The monoisotopic (exact) mass is 218 g/mol. The van der Waals surface area contributed by atoms with Crippen molar-refractivity contribution in [2.24, 2.45) is 0 Å². The quantitative estimate of drug-likeness (QED) is 0.732. The van der Waals surface area contributed by atoms with E-state index < -0.39 is 5.41 Å². The number of aryl methyl sites for hydroxylation is 1. The Bertz CT molecular complexity index is 461. The zero-order chi connectivity index (χ0) is 12.5. The van der Waals surface area contributed by atoms with Crippen LogP contribution in [0, 0.1) is 18.3 Å². The smallest absolute Gasteiger partial charge is 0.176 e. The minimum absolute atomic E-state index is 0.0549. The van der Waals surface area contributed by atoms with Gasteiger partial charge in [0.15, 0.2) is 5.78 Å². The van der Waals surface area contributed by atoms with Crippen molar-refractivity contribution in [1.29, 1.82) is 5.26 Å². The van der Waals surface area contributed by atoms with Gasteiger partial charge in [0.25, 0.3) is 0 Å². The van der Waals surface area contributed by atoms with E-state index in [1.54, 1.807) is 6.92 Å². The van der Waals surface area contributed by atoms with E-state index >= 15 is 0 Å². The Kier molecular flexibility index (Phi) is 3.23. The first kappa shape index (κ1) is 12.5. The average Bonchev–Trinajstić information content (AvgIpc) is 2.55. The molecule has 0 bridgehead atoms. The van der Waals surface area contributed by atoms with Crippen molar-refractivity contribution in [3.05, 3.63) is 23.0 Å². The molecule has 0 aliphatic heterocycles. The van der Waals surface area contributed by atoms with E-state index in [9.17, 15) is 4.79 Å². The first-order valence-electron chi connectivity index (χ1n) is 5.48. The molecule has 0 amide bonds. The zero-order valence-corrected chi connectivity index (χ0v) is 10.6. The van der Waals surface area contributed by atoms with Gasteiger partial charge in [-0.15, -0.1) is 0 Å². The van der Waals surface area contributed by atoms with Gasteiger partial charge in [-0.25, -0.2) is 0 Å². The third-order valence-electron chi connectivity index (χ3n) is 2.86. The molecule has 0 aliphatic carbocycles. The van der Waals surface area contributed by atoms with E-state index in [4.69, 9.17) is 5.26 Å². The Hall–Kier alpha value is -1.56. The average molecular weight is 218 g/mol. The number of nitriles is 1. The summed E-state index contributed by atoms with van der Waals surface area (Å²) in [6, 6.07) is 4.23. The molecule has 0 atom stereocenters. The Morgan fingerprint density at radius 1 is 1.56 bits per heavy atom. The van der Waals surface area contributed by atoms with Gasteiger partial charge in [0.1, 0.15) is 0 Å². The summed E-state index contributed by atoms with van der Waals surface area (Å²) in [6.45, 7) is 9.93. The number of rotatable bonds is 3. The molecule has 0 fully saturated rings. The molecule has 0 radical (unpaired) electrons. The highest BCUT2D eigenvalue weighted by Crippen LogP contribution is 2.27. The van der Waals surface area contributed by atoms with Crippen LogP contribution in [0.5, 0.6) is 0 Å². The highest BCUT2D eigenvalue weighted by Gasteiger charge is 2.27. The van der Waals surface area contributed by atoms with Gasteiger partial charge in [0.2, 0.25) is 0 Å². The summed E-state index contributed by atoms with van der Waals surface area (Å²) in [4.78, 5) is 11.6. The number of ketones is 1. The Morgan fingerprint density at radius 2 is 2.12 bits per heavy atom. The molecule has 0 spiro atoms. The fourth-order valence-electron chi connectivity index (χ4n) is 2.06. The van der Waals surface area contributed by atoms with E-state index in [0.717, 1.165) is 17.0 Å². The van der Waals surface area contributed by atoms with Crippen molar-refractivity contribution in [3.8, 4) is 6.07 Å². The van der Waals surface area contributed by atoms with Crippen molar-refractivity contribution in [2.45, 2.75) is 46.6 Å². The molecular formula is C13H18N2O. The lowest BCUT2D eigenvalue weighted by atomic mass is 9.91. The Morgan fingerprint density at radius 3 is 2.50 bits per heavy atom. The van der Waals surface area contributed by atoms with Crippen molar-refractivity contribution in [2.75, 3.05) is 0 Å². The normalized spacial score (nSPS) is 11.2. The second-order valence-corrected chi connectivity index (χ2v) is 4.60. The maximum atomic E-state index is 11.6. The second-order valence-electron chi connectivity index (χ2n) is 4.60. The summed E-state index contributed by atoms with van der Waals surface area (Å²) in [5, 5.41) is 9.16. The van der Waals surface area contributed by atoms with Gasteiger partial charge >= 0.3 is 0 Å². The maximum absolute atomic E-state index is 11.6. The first-order chi connectivity index (χ1) is 7.35. The number of hydrogen-bond donors (Lipinski definition) is 0. The lowest BCUT2D eigenvalue weighted by Gasteiger charge is -2.19. The Labute approximate surface area is 96.7 Å². The minimum Gasteiger partial charge on any atom is -0.341 e. The van der Waals surface area contributed by atoms with E-state index in [-0.39, 0.29) is 5.78 Å². The van der Waals surface area contributed by atoms with Crippen LogP contribution in [0.4, 0.5) is 0 Å². The van der Waals surface area contributed by atoms with Crippen LogP contribution in [0.25, 0.3) is 0 Å². The summed E-state index contributed by atoms with van der Waals surface area (Å²) in [5.41, 5.74) is 2.03. The van der Waals surface area contributed by atoms with Crippen LogP contribution >= 0.6 is 0 Å². The number of Topliss-reactive ketones (excluding diaryl/α,β-unsaturated/α-hetero) is 1. The molecule has 1 rings (SSSR count). The molecule has 3 heteroatoms. The largest absolute Gasteiger partial charge is 0.341 e. The van der Waals surface area contributed by atoms with E-state index in [2.05, 4.69) is 6.07 Å². The SMILES string of the molecule is CCn1c(C(C)(C)C#N)cc(C)c1C(C)=O. The van der Waals surface area contributed by atoms with Gasteiger partial charge in [-0.3, -0.25) is 4.79 Å². The third kappa shape index (κ3) is 1.88. The van der Waals surface area contributed by atoms with Crippen molar-refractivity contribution >= 4 is 5.78 Å². The number of hydrogen-bond acceptors (Lipinski definition) is 2. The summed E-state index contributed by atoms with van der Waals surface area (Å²) in [7, 11) is 0. The van der Waals surface area contributed by atoms with Crippen LogP contribution in [0.2, 0.25) is 0 Å². The summed E-state index contributed by atoms with van der Waals surface area (Å²) in [5.74, 6) is 0.0549. The first-order valence-corrected chi connectivity index (χ1v) is 5.48. The molecule has 3 nitrogen and oxygen atoms in total. The summed E-state index contributed by atoms with van der Waals surface area (Å²) >= 11 is 0. The molecule has 1 heterocycles. The van der Waals surface area contributed by atoms with Gasteiger partial charge in [-0.05, 0) is 39.3 Å². The summed E-state index contributed by atoms with van der Waals surface area (Å²) < 4.78 is 1.95. The van der Waals surface area contributed by atoms with Gasteiger partial charge < -0.3 is 4.57 Å².